The molecule has 108 valence electrons. The Kier molecular flexibility index (Phi) is 4.12. The van der Waals surface area contributed by atoms with Gasteiger partial charge in [-0.3, -0.25) is 0 Å². The molecular formula is C13H17N3O2S2. The van der Waals surface area contributed by atoms with E-state index in [1.165, 1.54) is 11.3 Å². The molecule has 1 heterocycles. The number of nitrogen functional groups attached to an aromatic ring is 1. The van der Waals surface area contributed by atoms with Crippen LogP contribution in [-0.4, -0.2) is 13.4 Å². The van der Waals surface area contributed by atoms with E-state index in [4.69, 9.17) is 5.73 Å². The molecule has 0 atom stereocenters. The molecule has 0 amide bonds. The molecule has 0 unspecified atom stereocenters. The van der Waals surface area contributed by atoms with Crippen LogP contribution in [0.2, 0.25) is 0 Å². The van der Waals surface area contributed by atoms with Gasteiger partial charge in [0.2, 0.25) is 10.0 Å². The minimum atomic E-state index is -3.62. The summed E-state index contributed by atoms with van der Waals surface area (Å²) in [6.45, 7) is 5.86. The van der Waals surface area contributed by atoms with Crippen LogP contribution in [0.5, 0.6) is 0 Å². The molecule has 0 aliphatic heterocycles. The van der Waals surface area contributed by atoms with Crippen molar-refractivity contribution < 1.29 is 8.42 Å². The first kappa shape index (κ1) is 15.0. The molecule has 0 bridgehead atoms. The topological polar surface area (TPSA) is 85.1 Å². The van der Waals surface area contributed by atoms with Gasteiger partial charge < -0.3 is 5.73 Å². The summed E-state index contributed by atoms with van der Waals surface area (Å²) in [7, 11) is -3.62. The van der Waals surface area contributed by atoms with Crippen LogP contribution in [0.3, 0.4) is 0 Å². The Bertz CT molecular complexity index is 736. The highest BCUT2D eigenvalue weighted by atomic mass is 32.2. The van der Waals surface area contributed by atoms with Crippen molar-refractivity contribution in [3.8, 4) is 0 Å². The predicted molar refractivity (Wildman–Crippen MR) is 81.2 cm³/mol. The van der Waals surface area contributed by atoms with Crippen LogP contribution in [0.15, 0.2) is 23.2 Å². The van der Waals surface area contributed by atoms with E-state index in [2.05, 4.69) is 9.71 Å². The van der Waals surface area contributed by atoms with Crippen molar-refractivity contribution in [2.24, 2.45) is 0 Å². The molecule has 0 spiro atoms. The van der Waals surface area contributed by atoms with Gasteiger partial charge in [-0.25, -0.2) is 18.1 Å². The molecule has 0 aliphatic carbocycles. The maximum atomic E-state index is 12.3. The molecule has 1 aromatic carbocycles. The van der Waals surface area contributed by atoms with Crippen molar-refractivity contribution in [2.75, 3.05) is 5.73 Å². The van der Waals surface area contributed by atoms with Gasteiger partial charge in [0, 0.05) is 17.6 Å². The van der Waals surface area contributed by atoms with Gasteiger partial charge in [0.05, 0.1) is 10.7 Å². The lowest BCUT2D eigenvalue weighted by atomic mass is 10.1. The zero-order valence-electron chi connectivity index (χ0n) is 11.6. The van der Waals surface area contributed by atoms with Gasteiger partial charge in [-0.05, 0) is 44.0 Å². The molecular weight excluding hydrogens is 294 g/mol. The summed E-state index contributed by atoms with van der Waals surface area (Å²) in [6, 6.07) is 3.28. The number of nitrogens with two attached hydrogens (primary N) is 1. The zero-order chi connectivity index (χ0) is 14.9. The Hall–Kier alpha value is -1.44. The van der Waals surface area contributed by atoms with E-state index in [9.17, 15) is 8.42 Å². The fraction of sp³-hybridized carbons (Fsp3) is 0.308. The number of anilines is 1. The number of nitrogens with zero attached hydrogens (tertiary/aromatic N) is 1. The Morgan fingerprint density at radius 1 is 1.25 bits per heavy atom. The summed E-state index contributed by atoms with van der Waals surface area (Å²) >= 11 is 1.46. The molecule has 0 saturated heterocycles. The van der Waals surface area contributed by atoms with Crippen LogP contribution in [0.25, 0.3) is 0 Å². The van der Waals surface area contributed by atoms with Crippen LogP contribution < -0.4 is 10.5 Å². The molecule has 7 heteroatoms. The van der Waals surface area contributed by atoms with Crippen LogP contribution in [0.1, 0.15) is 21.0 Å². The number of hydrogen-bond acceptors (Lipinski definition) is 5. The van der Waals surface area contributed by atoms with Crippen molar-refractivity contribution >= 4 is 27.0 Å². The fourth-order valence-corrected chi connectivity index (χ4v) is 3.80. The second-order valence-electron chi connectivity index (χ2n) is 4.64. The number of sulfonamides is 1. The van der Waals surface area contributed by atoms with E-state index >= 15 is 0 Å². The third kappa shape index (κ3) is 3.17. The Balaban J connectivity index is 2.24. The van der Waals surface area contributed by atoms with Crippen LogP contribution >= 0.6 is 11.3 Å². The number of rotatable bonds is 4. The molecule has 5 nitrogen and oxygen atoms in total. The van der Waals surface area contributed by atoms with Gasteiger partial charge in [0.25, 0.3) is 0 Å². The first-order valence-electron chi connectivity index (χ1n) is 6.07. The summed E-state index contributed by atoms with van der Waals surface area (Å²) in [6.07, 6.45) is 1.67. The minimum Gasteiger partial charge on any atom is -0.398 e. The van der Waals surface area contributed by atoms with Crippen LogP contribution in [-0.2, 0) is 16.6 Å². The van der Waals surface area contributed by atoms with E-state index in [0.29, 0.717) is 0 Å². The second-order valence-corrected chi connectivity index (χ2v) is 7.70. The Labute approximate surface area is 122 Å². The van der Waals surface area contributed by atoms with Gasteiger partial charge in [0.1, 0.15) is 4.90 Å². The molecule has 20 heavy (non-hydrogen) atoms. The highest BCUT2D eigenvalue weighted by molar-refractivity contribution is 7.89. The molecule has 0 radical (unpaired) electrons. The summed E-state index contributed by atoms with van der Waals surface area (Å²) in [5.41, 5.74) is 7.95. The van der Waals surface area contributed by atoms with Crippen molar-refractivity contribution in [2.45, 2.75) is 32.2 Å². The SMILES string of the molecule is Cc1ncc(CNS(=O)(=O)c2cc(C)c(C)cc2N)s1. The van der Waals surface area contributed by atoms with Crippen molar-refractivity contribution in [1.82, 2.24) is 9.71 Å². The van der Waals surface area contributed by atoms with Crippen LogP contribution in [0, 0.1) is 20.8 Å². The molecule has 3 N–H and O–H groups in total. The van der Waals surface area contributed by atoms with E-state index in [1.54, 1.807) is 18.3 Å². The quantitative estimate of drug-likeness (QED) is 0.847. The van der Waals surface area contributed by atoms with Gasteiger partial charge in [-0.1, -0.05) is 0 Å². The molecule has 2 rings (SSSR count). The standard InChI is InChI=1S/C13H17N3O2S2/c1-8-4-12(14)13(5-9(8)2)20(17,18)16-7-11-6-15-10(3)19-11/h4-6,16H,7,14H2,1-3H3. The maximum Gasteiger partial charge on any atom is 0.242 e. The Morgan fingerprint density at radius 2 is 1.90 bits per heavy atom. The van der Waals surface area contributed by atoms with Crippen molar-refractivity contribution in [1.29, 1.82) is 0 Å². The van der Waals surface area contributed by atoms with Gasteiger partial charge in [-0.2, -0.15) is 0 Å². The normalized spacial score (nSPS) is 11.8. The van der Waals surface area contributed by atoms with Gasteiger partial charge in [-0.15, -0.1) is 11.3 Å². The summed E-state index contributed by atoms with van der Waals surface area (Å²) < 4.78 is 27.1. The average Bonchev–Trinajstić information content (AvgIpc) is 2.77. The molecule has 2 aromatic rings. The minimum absolute atomic E-state index is 0.127. The number of nitrogens with one attached hydrogen (secondary N) is 1. The number of aromatic nitrogens is 1. The second kappa shape index (κ2) is 5.51. The first-order valence-corrected chi connectivity index (χ1v) is 8.37. The third-order valence-corrected chi connectivity index (χ3v) is 5.39. The number of thiazole rings is 1. The molecule has 1 aromatic heterocycles. The largest absolute Gasteiger partial charge is 0.398 e. The smallest absolute Gasteiger partial charge is 0.242 e. The summed E-state index contributed by atoms with van der Waals surface area (Å²) in [5, 5.41) is 0.907. The molecule has 0 fully saturated rings. The maximum absolute atomic E-state index is 12.3. The van der Waals surface area contributed by atoms with Gasteiger partial charge in [0.15, 0.2) is 0 Å². The monoisotopic (exact) mass is 311 g/mol. The van der Waals surface area contributed by atoms with Crippen LogP contribution in [0.4, 0.5) is 5.69 Å². The number of aryl methyl sites for hydroxylation is 3. The average molecular weight is 311 g/mol. The number of benzene rings is 1. The van der Waals surface area contributed by atoms with E-state index in [1.807, 2.05) is 20.8 Å². The first-order chi connectivity index (χ1) is 9.29. The van der Waals surface area contributed by atoms with E-state index in [0.717, 1.165) is 21.0 Å². The van der Waals surface area contributed by atoms with E-state index < -0.39 is 10.0 Å². The lowest BCUT2D eigenvalue weighted by molar-refractivity contribution is 0.582. The third-order valence-electron chi connectivity index (χ3n) is 3.02. The lowest BCUT2D eigenvalue weighted by Crippen LogP contribution is -2.24. The number of hydrogen-bond donors (Lipinski definition) is 2. The highest BCUT2D eigenvalue weighted by Gasteiger charge is 2.18. The Morgan fingerprint density at radius 3 is 2.50 bits per heavy atom. The molecule has 0 saturated carbocycles. The fourth-order valence-electron chi connectivity index (χ4n) is 1.78. The van der Waals surface area contributed by atoms with Crippen molar-refractivity contribution in [3.63, 3.8) is 0 Å². The molecule has 0 aliphatic rings. The van der Waals surface area contributed by atoms with Crippen molar-refractivity contribution in [3.05, 3.63) is 39.3 Å². The van der Waals surface area contributed by atoms with Gasteiger partial charge >= 0.3 is 0 Å². The lowest BCUT2D eigenvalue weighted by Gasteiger charge is -2.11. The summed E-state index contributed by atoms with van der Waals surface area (Å²) in [5.74, 6) is 0. The highest BCUT2D eigenvalue weighted by Crippen LogP contribution is 2.23. The van der Waals surface area contributed by atoms with E-state index in [-0.39, 0.29) is 17.1 Å². The predicted octanol–water partition coefficient (Wildman–Crippen LogP) is 2.13. The zero-order valence-corrected chi connectivity index (χ0v) is 13.2. The summed E-state index contributed by atoms with van der Waals surface area (Å²) in [4.78, 5) is 5.09.